The first-order valence-corrected chi connectivity index (χ1v) is 7.53. The summed E-state index contributed by atoms with van der Waals surface area (Å²) in [4.78, 5) is 4.28. The van der Waals surface area contributed by atoms with Gasteiger partial charge in [0.05, 0.1) is 18.3 Å². The molecule has 0 amide bonds. The van der Waals surface area contributed by atoms with E-state index in [0.717, 1.165) is 38.2 Å². The Kier molecular flexibility index (Phi) is 4.05. The van der Waals surface area contributed by atoms with Crippen LogP contribution < -0.4 is 5.32 Å². The largest absolute Gasteiger partial charge is 0.372 e. The molecule has 1 aromatic rings. The smallest absolute Gasteiger partial charge is 0.153 e. The Labute approximate surface area is 119 Å². The van der Waals surface area contributed by atoms with Crippen LogP contribution in [-0.4, -0.2) is 46.2 Å². The van der Waals surface area contributed by atoms with Crippen molar-refractivity contribution in [2.24, 2.45) is 0 Å². The quantitative estimate of drug-likeness (QED) is 0.900. The average molecular weight is 280 g/mol. The summed E-state index contributed by atoms with van der Waals surface area (Å²) in [5, 5.41) is 7.61. The van der Waals surface area contributed by atoms with Crippen molar-refractivity contribution in [3.63, 3.8) is 0 Å². The molecule has 2 aliphatic heterocycles. The lowest BCUT2D eigenvalue weighted by Gasteiger charge is -2.32. The number of ether oxygens (including phenoxy) is 2. The van der Waals surface area contributed by atoms with Crippen molar-refractivity contribution in [3.05, 3.63) is 12.2 Å². The molecule has 2 fully saturated rings. The second kappa shape index (κ2) is 5.79. The molecule has 0 bridgehead atoms. The van der Waals surface area contributed by atoms with Crippen molar-refractivity contribution >= 4 is 0 Å². The van der Waals surface area contributed by atoms with Gasteiger partial charge in [-0.3, -0.25) is 0 Å². The first kappa shape index (κ1) is 14.0. The van der Waals surface area contributed by atoms with E-state index in [1.165, 1.54) is 0 Å². The maximum absolute atomic E-state index is 6.03. The van der Waals surface area contributed by atoms with Crippen LogP contribution in [0, 0.1) is 0 Å². The van der Waals surface area contributed by atoms with Crippen LogP contribution in [0.3, 0.4) is 0 Å². The van der Waals surface area contributed by atoms with Gasteiger partial charge in [-0.25, -0.2) is 9.67 Å². The predicted molar refractivity (Wildman–Crippen MR) is 74.4 cm³/mol. The van der Waals surface area contributed by atoms with Gasteiger partial charge in [0.1, 0.15) is 12.9 Å². The summed E-state index contributed by atoms with van der Waals surface area (Å²) in [7, 11) is 0. The van der Waals surface area contributed by atoms with Gasteiger partial charge >= 0.3 is 0 Å². The SMILES string of the molecule is CC(C)n1ncnc1COC1COC2(CCNCC2)C1. The molecule has 1 spiro atoms. The van der Waals surface area contributed by atoms with Crippen LogP contribution in [0.4, 0.5) is 0 Å². The third-order valence-corrected chi connectivity index (χ3v) is 4.27. The Morgan fingerprint density at radius 1 is 1.50 bits per heavy atom. The van der Waals surface area contributed by atoms with Gasteiger partial charge < -0.3 is 14.8 Å². The minimum Gasteiger partial charge on any atom is -0.372 e. The number of aromatic nitrogens is 3. The van der Waals surface area contributed by atoms with Crippen molar-refractivity contribution in [2.75, 3.05) is 19.7 Å². The molecule has 0 aromatic carbocycles. The summed E-state index contributed by atoms with van der Waals surface area (Å²) in [5.41, 5.74) is 0.0572. The summed E-state index contributed by atoms with van der Waals surface area (Å²) in [6.07, 6.45) is 4.97. The molecule has 0 radical (unpaired) electrons. The summed E-state index contributed by atoms with van der Waals surface area (Å²) < 4.78 is 13.9. The first-order chi connectivity index (χ1) is 9.69. The summed E-state index contributed by atoms with van der Waals surface area (Å²) in [5.74, 6) is 0.895. The van der Waals surface area contributed by atoms with Crippen LogP contribution in [0.15, 0.2) is 6.33 Å². The lowest BCUT2D eigenvalue weighted by molar-refractivity contribution is -0.0244. The zero-order chi connectivity index (χ0) is 14.0. The van der Waals surface area contributed by atoms with Gasteiger partial charge in [-0.05, 0) is 39.8 Å². The van der Waals surface area contributed by atoms with Gasteiger partial charge in [0.2, 0.25) is 0 Å². The van der Waals surface area contributed by atoms with E-state index in [4.69, 9.17) is 9.47 Å². The van der Waals surface area contributed by atoms with Crippen LogP contribution >= 0.6 is 0 Å². The number of hydrogen-bond donors (Lipinski definition) is 1. The fourth-order valence-electron chi connectivity index (χ4n) is 3.14. The number of piperidine rings is 1. The van der Waals surface area contributed by atoms with E-state index < -0.39 is 0 Å². The average Bonchev–Trinajstić information content (AvgIpc) is 3.05. The maximum Gasteiger partial charge on any atom is 0.153 e. The summed E-state index contributed by atoms with van der Waals surface area (Å²) in [6.45, 7) is 7.51. The van der Waals surface area contributed by atoms with Crippen LogP contribution in [-0.2, 0) is 16.1 Å². The van der Waals surface area contributed by atoms with Gasteiger partial charge in [-0.2, -0.15) is 5.10 Å². The molecule has 20 heavy (non-hydrogen) atoms. The third-order valence-electron chi connectivity index (χ3n) is 4.27. The number of hydrogen-bond acceptors (Lipinski definition) is 5. The molecule has 0 aliphatic carbocycles. The highest BCUT2D eigenvalue weighted by Crippen LogP contribution is 2.35. The predicted octanol–water partition coefficient (Wildman–Crippen LogP) is 1.29. The van der Waals surface area contributed by atoms with E-state index in [2.05, 4.69) is 29.2 Å². The number of nitrogens with zero attached hydrogens (tertiary/aromatic N) is 3. The topological polar surface area (TPSA) is 61.2 Å². The van der Waals surface area contributed by atoms with Crippen LogP contribution in [0.5, 0.6) is 0 Å². The molecule has 1 unspecified atom stereocenters. The van der Waals surface area contributed by atoms with Gasteiger partial charge in [0, 0.05) is 12.5 Å². The Hall–Kier alpha value is -0.980. The van der Waals surface area contributed by atoms with E-state index in [1.807, 2.05) is 4.68 Å². The van der Waals surface area contributed by atoms with Crippen LogP contribution in [0.2, 0.25) is 0 Å². The third kappa shape index (κ3) is 2.87. The molecule has 6 nitrogen and oxygen atoms in total. The highest BCUT2D eigenvalue weighted by Gasteiger charge is 2.41. The second-order valence-electron chi connectivity index (χ2n) is 6.10. The summed E-state index contributed by atoms with van der Waals surface area (Å²) >= 11 is 0. The van der Waals surface area contributed by atoms with Crippen LogP contribution in [0.1, 0.15) is 45.0 Å². The Morgan fingerprint density at radius 3 is 3.05 bits per heavy atom. The molecule has 1 N–H and O–H groups in total. The maximum atomic E-state index is 6.03. The molecule has 3 heterocycles. The lowest BCUT2D eigenvalue weighted by atomic mass is 9.89. The zero-order valence-electron chi connectivity index (χ0n) is 12.3. The molecule has 0 saturated carbocycles. The number of rotatable bonds is 4. The van der Waals surface area contributed by atoms with Crippen molar-refractivity contribution < 1.29 is 9.47 Å². The van der Waals surface area contributed by atoms with Crippen molar-refractivity contribution in [3.8, 4) is 0 Å². The van der Waals surface area contributed by atoms with Gasteiger partial charge in [-0.1, -0.05) is 0 Å². The number of nitrogens with one attached hydrogen (secondary N) is 1. The van der Waals surface area contributed by atoms with Gasteiger partial charge in [0.25, 0.3) is 0 Å². The summed E-state index contributed by atoms with van der Waals surface area (Å²) in [6, 6.07) is 0.312. The molecule has 1 aromatic heterocycles. The highest BCUT2D eigenvalue weighted by atomic mass is 16.6. The van der Waals surface area contributed by atoms with Gasteiger partial charge in [-0.15, -0.1) is 0 Å². The van der Waals surface area contributed by atoms with Crippen molar-refractivity contribution in [1.29, 1.82) is 0 Å². The standard InChI is InChI=1S/C14H24N4O2/c1-11(2)18-13(16-10-17-18)9-19-12-7-14(20-8-12)3-5-15-6-4-14/h10-12,15H,3-9H2,1-2H3. The van der Waals surface area contributed by atoms with Crippen molar-refractivity contribution in [2.45, 2.75) is 57.5 Å². The second-order valence-corrected chi connectivity index (χ2v) is 6.10. The molecule has 112 valence electrons. The molecule has 2 aliphatic rings. The Morgan fingerprint density at radius 2 is 2.30 bits per heavy atom. The normalized spacial score (nSPS) is 25.6. The first-order valence-electron chi connectivity index (χ1n) is 7.53. The Balaban J connectivity index is 1.53. The highest BCUT2D eigenvalue weighted by molar-refractivity contribution is 4.94. The van der Waals surface area contributed by atoms with E-state index in [-0.39, 0.29) is 11.7 Å². The molecule has 3 rings (SSSR count). The fourth-order valence-corrected chi connectivity index (χ4v) is 3.14. The lowest BCUT2D eigenvalue weighted by Crippen LogP contribution is -2.41. The Bertz CT molecular complexity index is 440. The van der Waals surface area contributed by atoms with Crippen molar-refractivity contribution in [1.82, 2.24) is 20.1 Å². The minimum absolute atomic E-state index is 0.0572. The molecular weight excluding hydrogens is 256 g/mol. The van der Waals surface area contributed by atoms with E-state index in [0.29, 0.717) is 19.3 Å². The molecule has 2 saturated heterocycles. The van der Waals surface area contributed by atoms with E-state index in [1.54, 1.807) is 6.33 Å². The fraction of sp³-hybridized carbons (Fsp3) is 0.857. The molecule has 6 heteroatoms. The monoisotopic (exact) mass is 280 g/mol. The molecular formula is C14H24N4O2. The van der Waals surface area contributed by atoms with Crippen LogP contribution in [0.25, 0.3) is 0 Å². The van der Waals surface area contributed by atoms with E-state index >= 15 is 0 Å². The van der Waals surface area contributed by atoms with Gasteiger partial charge in [0.15, 0.2) is 5.82 Å². The zero-order valence-corrected chi connectivity index (χ0v) is 12.3. The minimum atomic E-state index is 0.0572. The molecule has 1 atom stereocenters. The van der Waals surface area contributed by atoms with E-state index in [9.17, 15) is 0 Å².